The van der Waals surface area contributed by atoms with Crippen LogP contribution >= 0.6 is 35.3 Å². The van der Waals surface area contributed by atoms with Gasteiger partial charge in [-0.2, -0.15) is 0 Å². The van der Waals surface area contributed by atoms with Gasteiger partial charge in [0.15, 0.2) is 5.96 Å². The van der Waals surface area contributed by atoms with Crippen molar-refractivity contribution >= 4 is 41.3 Å². The molecule has 138 valence electrons. The Hall–Kier alpha value is -1.22. The van der Waals surface area contributed by atoms with Gasteiger partial charge in [0.05, 0.1) is 10.7 Å². The number of benzene rings is 1. The maximum Gasteiger partial charge on any atom is 0.191 e. The highest BCUT2D eigenvalue weighted by molar-refractivity contribution is 14.0. The van der Waals surface area contributed by atoms with E-state index >= 15 is 0 Å². The topological polar surface area (TPSA) is 49.3 Å². The van der Waals surface area contributed by atoms with Crippen LogP contribution in [0.2, 0.25) is 0 Å². The number of halogens is 2. The van der Waals surface area contributed by atoms with Crippen LogP contribution in [0.5, 0.6) is 0 Å². The molecule has 0 fully saturated rings. The molecule has 1 aromatic carbocycles. The minimum atomic E-state index is -0.159. The van der Waals surface area contributed by atoms with E-state index in [1.165, 1.54) is 16.6 Å². The fourth-order valence-electron chi connectivity index (χ4n) is 2.45. The Labute approximate surface area is 170 Å². The number of thiazole rings is 1. The van der Waals surface area contributed by atoms with Crippen LogP contribution in [0.1, 0.15) is 28.1 Å². The second-order valence-electron chi connectivity index (χ2n) is 5.48. The standard InChI is InChI=1S/C18H25FN4S.HI/c1-4-16-13(2)24-17(23-16)10-12-22-18(20-3)21-11-9-14-7-5-6-8-15(14)19;/h5-8H,4,9-12H2,1-3H3,(H2,20,21,22);1H. The van der Waals surface area contributed by atoms with Crippen LogP contribution in [0, 0.1) is 12.7 Å². The highest BCUT2D eigenvalue weighted by Gasteiger charge is 2.06. The number of nitrogens with one attached hydrogen (secondary N) is 2. The van der Waals surface area contributed by atoms with Gasteiger partial charge in [0.2, 0.25) is 0 Å². The quantitative estimate of drug-likeness (QED) is 0.364. The second kappa shape index (κ2) is 11.4. The zero-order valence-corrected chi connectivity index (χ0v) is 18.1. The summed E-state index contributed by atoms with van der Waals surface area (Å²) in [6.07, 6.45) is 2.48. The molecule has 0 atom stereocenters. The Morgan fingerprint density at radius 1 is 1.20 bits per heavy atom. The van der Waals surface area contributed by atoms with Crippen LogP contribution in [0.4, 0.5) is 4.39 Å². The normalized spacial score (nSPS) is 11.1. The van der Waals surface area contributed by atoms with Gasteiger partial charge in [-0.25, -0.2) is 9.37 Å². The van der Waals surface area contributed by atoms with E-state index in [0.717, 1.165) is 30.4 Å². The molecule has 0 amide bonds. The van der Waals surface area contributed by atoms with Crippen LogP contribution < -0.4 is 10.6 Å². The first kappa shape index (κ1) is 21.8. The molecule has 1 aromatic heterocycles. The van der Waals surface area contributed by atoms with Crippen molar-refractivity contribution in [3.8, 4) is 0 Å². The van der Waals surface area contributed by atoms with Crippen molar-refractivity contribution in [2.24, 2.45) is 4.99 Å². The Morgan fingerprint density at radius 2 is 1.88 bits per heavy atom. The molecule has 2 aromatic rings. The fraction of sp³-hybridized carbons (Fsp3) is 0.444. The number of hydrogen-bond acceptors (Lipinski definition) is 3. The average Bonchev–Trinajstić information content (AvgIpc) is 2.95. The van der Waals surface area contributed by atoms with E-state index in [9.17, 15) is 4.39 Å². The van der Waals surface area contributed by atoms with Crippen molar-refractivity contribution < 1.29 is 4.39 Å². The molecule has 0 unspecified atom stereocenters. The summed E-state index contributed by atoms with van der Waals surface area (Å²) in [5.41, 5.74) is 1.91. The molecule has 0 saturated carbocycles. The lowest BCUT2D eigenvalue weighted by Crippen LogP contribution is -2.39. The number of hydrogen-bond donors (Lipinski definition) is 2. The first-order chi connectivity index (χ1) is 11.6. The monoisotopic (exact) mass is 476 g/mol. The summed E-state index contributed by atoms with van der Waals surface area (Å²) in [6.45, 7) is 5.66. The summed E-state index contributed by atoms with van der Waals surface area (Å²) in [7, 11) is 1.74. The van der Waals surface area contributed by atoms with Crippen molar-refractivity contribution in [2.75, 3.05) is 20.1 Å². The predicted molar refractivity (Wildman–Crippen MR) is 115 cm³/mol. The SMILES string of the molecule is CCc1nc(CCNC(=NC)NCCc2ccccc2F)sc1C.I. The second-order valence-corrected chi connectivity index (χ2v) is 6.77. The van der Waals surface area contributed by atoms with Gasteiger partial charge in [-0.1, -0.05) is 25.1 Å². The maximum atomic E-state index is 13.6. The number of rotatable bonds is 7. The van der Waals surface area contributed by atoms with Gasteiger partial charge in [-0.15, -0.1) is 35.3 Å². The van der Waals surface area contributed by atoms with E-state index in [4.69, 9.17) is 0 Å². The molecular formula is C18H26FIN4S. The summed E-state index contributed by atoms with van der Waals surface area (Å²) in [5.74, 6) is 0.573. The minimum absolute atomic E-state index is 0. The van der Waals surface area contributed by atoms with Crippen molar-refractivity contribution in [3.05, 3.63) is 51.2 Å². The molecule has 25 heavy (non-hydrogen) atoms. The van der Waals surface area contributed by atoms with E-state index in [1.807, 2.05) is 12.1 Å². The molecule has 0 saturated heterocycles. The number of aryl methyl sites for hydroxylation is 2. The van der Waals surface area contributed by atoms with Gasteiger partial charge < -0.3 is 10.6 Å². The molecule has 1 heterocycles. The van der Waals surface area contributed by atoms with E-state index in [1.54, 1.807) is 24.5 Å². The summed E-state index contributed by atoms with van der Waals surface area (Å²) >= 11 is 1.76. The molecule has 2 rings (SSSR count). The van der Waals surface area contributed by atoms with E-state index in [2.05, 4.69) is 34.5 Å². The molecular weight excluding hydrogens is 450 g/mol. The molecule has 0 spiro atoms. The first-order valence-corrected chi connectivity index (χ1v) is 9.08. The number of aromatic nitrogens is 1. The zero-order chi connectivity index (χ0) is 17.4. The van der Waals surface area contributed by atoms with Gasteiger partial charge in [0.25, 0.3) is 0 Å². The van der Waals surface area contributed by atoms with Gasteiger partial charge >= 0.3 is 0 Å². The fourth-order valence-corrected chi connectivity index (χ4v) is 3.47. The van der Waals surface area contributed by atoms with Crippen molar-refractivity contribution in [1.82, 2.24) is 15.6 Å². The van der Waals surface area contributed by atoms with Crippen molar-refractivity contribution in [2.45, 2.75) is 33.1 Å². The summed E-state index contributed by atoms with van der Waals surface area (Å²) < 4.78 is 13.6. The Balaban J connectivity index is 0.00000312. The van der Waals surface area contributed by atoms with Gasteiger partial charge in [0.1, 0.15) is 5.82 Å². The van der Waals surface area contributed by atoms with Gasteiger partial charge in [-0.3, -0.25) is 4.99 Å². The van der Waals surface area contributed by atoms with Crippen LogP contribution in [0.15, 0.2) is 29.3 Å². The smallest absolute Gasteiger partial charge is 0.191 e. The molecule has 4 nitrogen and oxygen atoms in total. The lowest BCUT2D eigenvalue weighted by atomic mass is 10.1. The Bertz CT molecular complexity index is 687. The Kier molecular flexibility index (Phi) is 9.96. The molecule has 0 aliphatic carbocycles. The molecule has 7 heteroatoms. The third kappa shape index (κ3) is 6.89. The van der Waals surface area contributed by atoms with Crippen LogP contribution in [0.3, 0.4) is 0 Å². The third-order valence-corrected chi connectivity index (χ3v) is 4.84. The van der Waals surface area contributed by atoms with Crippen molar-refractivity contribution in [1.29, 1.82) is 0 Å². The predicted octanol–water partition coefficient (Wildman–Crippen LogP) is 3.72. The lowest BCUT2D eigenvalue weighted by molar-refractivity contribution is 0.606. The highest BCUT2D eigenvalue weighted by Crippen LogP contribution is 2.17. The van der Waals surface area contributed by atoms with E-state index < -0.39 is 0 Å². The maximum absolute atomic E-state index is 13.6. The average molecular weight is 476 g/mol. The Morgan fingerprint density at radius 3 is 2.48 bits per heavy atom. The summed E-state index contributed by atoms with van der Waals surface area (Å²) in [6, 6.07) is 6.86. The van der Waals surface area contributed by atoms with E-state index in [0.29, 0.717) is 18.5 Å². The molecule has 0 bridgehead atoms. The first-order valence-electron chi connectivity index (χ1n) is 8.27. The third-order valence-electron chi connectivity index (χ3n) is 3.77. The van der Waals surface area contributed by atoms with Crippen LogP contribution in [-0.4, -0.2) is 31.1 Å². The van der Waals surface area contributed by atoms with Crippen LogP contribution in [-0.2, 0) is 19.3 Å². The minimum Gasteiger partial charge on any atom is -0.356 e. The number of guanidine groups is 1. The summed E-state index contributed by atoms with van der Waals surface area (Å²) in [5, 5.41) is 7.64. The molecule has 0 aliphatic heterocycles. The highest BCUT2D eigenvalue weighted by atomic mass is 127. The van der Waals surface area contributed by atoms with Gasteiger partial charge in [0, 0.05) is 31.4 Å². The number of aliphatic imine (C=N–C) groups is 1. The summed E-state index contributed by atoms with van der Waals surface area (Å²) in [4.78, 5) is 10.1. The van der Waals surface area contributed by atoms with Gasteiger partial charge in [-0.05, 0) is 31.4 Å². The molecule has 0 radical (unpaired) electrons. The number of nitrogens with zero attached hydrogens (tertiary/aromatic N) is 2. The molecule has 2 N–H and O–H groups in total. The van der Waals surface area contributed by atoms with Crippen LogP contribution in [0.25, 0.3) is 0 Å². The zero-order valence-electron chi connectivity index (χ0n) is 14.9. The van der Waals surface area contributed by atoms with E-state index in [-0.39, 0.29) is 29.8 Å². The lowest BCUT2D eigenvalue weighted by Gasteiger charge is -2.11. The molecule has 0 aliphatic rings. The largest absolute Gasteiger partial charge is 0.356 e. The van der Waals surface area contributed by atoms with Crippen molar-refractivity contribution in [3.63, 3.8) is 0 Å².